The highest BCUT2D eigenvalue weighted by Crippen LogP contribution is 2.41. The summed E-state index contributed by atoms with van der Waals surface area (Å²) in [5, 5.41) is 29.4. The van der Waals surface area contributed by atoms with Crippen molar-refractivity contribution in [3.63, 3.8) is 0 Å². The summed E-state index contributed by atoms with van der Waals surface area (Å²) in [4.78, 5) is 36.9. The van der Waals surface area contributed by atoms with Gasteiger partial charge in [0.2, 0.25) is 20.0 Å². The maximum Gasteiger partial charge on any atom is 0.311 e. The molecule has 0 spiro atoms. The van der Waals surface area contributed by atoms with Gasteiger partial charge in [-0.15, -0.1) is 0 Å². The first-order chi connectivity index (χ1) is 36.3. The van der Waals surface area contributed by atoms with Gasteiger partial charge in [-0.25, -0.2) is 16.8 Å². The quantitative estimate of drug-likeness (QED) is 0.0391. The monoisotopic (exact) mass is 1080 g/mol. The summed E-state index contributed by atoms with van der Waals surface area (Å²) in [6.45, 7) is 7.92. The molecule has 0 aromatic heterocycles. The zero-order chi connectivity index (χ0) is 54.6. The van der Waals surface area contributed by atoms with Crippen molar-refractivity contribution in [2.45, 2.75) is 190 Å². The van der Waals surface area contributed by atoms with Crippen LogP contribution in [0.25, 0.3) is 0 Å². The molecule has 4 aromatic rings. The highest BCUT2D eigenvalue weighted by molar-refractivity contribution is 7.89. The molecule has 5 aliphatic carbocycles. The molecule has 14 nitrogen and oxygen atoms in total. The second-order valence-corrected chi connectivity index (χ2v) is 25.4. The number of aliphatic hydroxyl groups is 2. The van der Waals surface area contributed by atoms with E-state index in [4.69, 9.17) is 14.6 Å². The van der Waals surface area contributed by atoms with Gasteiger partial charge in [0.05, 0.1) is 45.9 Å². The Hall–Kier alpha value is -4.97. The van der Waals surface area contributed by atoms with Gasteiger partial charge in [-0.1, -0.05) is 162 Å². The Morgan fingerprint density at radius 2 is 0.987 bits per heavy atom. The average molecular weight is 1090 g/mol. The Labute approximate surface area is 450 Å². The first-order valence-corrected chi connectivity index (χ1v) is 30.6. The van der Waals surface area contributed by atoms with Crippen molar-refractivity contribution < 1.29 is 56.0 Å². The topological polar surface area (TPSA) is 223 Å². The number of ether oxygens (including phenoxy) is 2. The van der Waals surface area contributed by atoms with Crippen LogP contribution in [-0.4, -0.2) is 74.5 Å². The van der Waals surface area contributed by atoms with E-state index >= 15 is 0 Å². The fourth-order valence-electron chi connectivity index (χ4n) is 10.2. The Kier molecular flexibility index (Phi) is 20.9. The summed E-state index contributed by atoms with van der Waals surface area (Å²) in [6.07, 6.45) is 12.7. The zero-order valence-corrected chi connectivity index (χ0v) is 46.3. The molecular weight excluding hydrogens is 1000 g/mol. The number of carboxylic acids is 1. The van der Waals surface area contributed by atoms with Crippen molar-refractivity contribution in [2.24, 2.45) is 29.6 Å². The predicted octanol–water partition coefficient (Wildman–Crippen LogP) is 10.2. The highest BCUT2D eigenvalue weighted by Gasteiger charge is 2.42. The molecule has 16 heteroatoms. The van der Waals surface area contributed by atoms with Gasteiger partial charge in [-0.3, -0.25) is 14.4 Å². The van der Waals surface area contributed by atoms with Gasteiger partial charge >= 0.3 is 17.9 Å². The van der Waals surface area contributed by atoms with E-state index in [0.717, 1.165) is 91.2 Å². The Morgan fingerprint density at radius 1 is 0.579 bits per heavy atom. The van der Waals surface area contributed by atoms with Crippen molar-refractivity contribution in [1.29, 1.82) is 0 Å². The Balaban J connectivity index is 0.000000180. The summed E-state index contributed by atoms with van der Waals surface area (Å²) in [7, 11) is -7.55. The molecule has 3 fully saturated rings. The van der Waals surface area contributed by atoms with Crippen LogP contribution in [0.4, 0.5) is 0 Å². The highest BCUT2D eigenvalue weighted by atomic mass is 32.2. The SMILES string of the molecule is CCCC[C@@H](O)[C@@H](CC1CC1)C(=O)O.CCCC[C@@H](O)[C@@H](CC1CC1)C(=O)O[C@H]1Cc2ccccc2[C@H]1NS(=O)(=O)c1ccc(C)cc1.Cc1ccc(S(=O)(=O)N[C@@H]2c3ccccc3C[C@@H]2OC(=O)CCC2CC2)cc1. The lowest BCUT2D eigenvalue weighted by Crippen LogP contribution is -2.39. The molecule has 0 saturated heterocycles. The number of carbonyl (C=O) groups is 3. The maximum atomic E-state index is 13.3. The minimum absolute atomic E-state index is 0.175. The maximum absolute atomic E-state index is 13.3. The molecule has 0 amide bonds. The number of aryl methyl sites for hydroxylation is 2. The van der Waals surface area contributed by atoms with Gasteiger partial charge in [0.15, 0.2) is 0 Å². The fraction of sp³-hybridized carbons (Fsp3) is 0.550. The molecular formula is C60H80N2O12S2. The lowest BCUT2D eigenvalue weighted by Gasteiger charge is -2.27. The summed E-state index contributed by atoms with van der Waals surface area (Å²) < 4.78 is 69.4. The fourth-order valence-corrected chi connectivity index (χ4v) is 12.7. The van der Waals surface area contributed by atoms with Crippen LogP contribution in [0, 0.1) is 43.4 Å². The van der Waals surface area contributed by atoms with Crippen LogP contribution in [0.3, 0.4) is 0 Å². The van der Waals surface area contributed by atoms with Crippen LogP contribution in [0.2, 0.25) is 0 Å². The third-order valence-electron chi connectivity index (χ3n) is 15.4. The van der Waals surface area contributed by atoms with Gasteiger partial charge in [0, 0.05) is 19.3 Å². The Morgan fingerprint density at radius 3 is 1.41 bits per heavy atom. The second kappa shape index (κ2) is 27.1. The molecule has 0 heterocycles. The molecule has 3 saturated carbocycles. The summed E-state index contributed by atoms with van der Waals surface area (Å²) in [5.74, 6) is -0.925. The number of aliphatic hydroxyl groups excluding tert-OH is 2. The molecule has 9 rings (SSSR count). The third-order valence-corrected chi connectivity index (χ3v) is 18.3. The normalized spacial score (nSPS) is 21.3. The van der Waals surface area contributed by atoms with E-state index in [1.165, 1.54) is 12.8 Å². The zero-order valence-electron chi connectivity index (χ0n) is 44.6. The number of aliphatic carboxylic acids is 1. The molecule has 0 radical (unpaired) electrons. The molecule has 0 unspecified atom stereocenters. The van der Waals surface area contributed by atoms with Crippen LogP contribution in [0.15, 0.2) is 107 Å². The van der Waals surface area contributed by atoms with Gasteiger partial charge < -0.3 is 24.8 Å². The van der Waals surface area contributed by atoms with Crippen molar-refractivity contribution in [1.82, 2.24) is 9.44 Å². The number of rotatable bonds is 25. The smallest absolute Gasteiger partial charge is 0.311 e. The van der Waals surface area contributed by atoms with Gasteiger partial charge in [0.25, 0.3) is 0 Å². The predicted molar refractivity (Wildman–Crippen MR) is 291 cm³/mol. The first kappa shape index (κ1) is 58.7. The van der Waals surface area contributed by atoms with Crippen molar-refractivity contribution >= 4 is 38.0 Å². The largest absolute Gasteiger partial charge is 0.481 e. The summed E-state index contributed by atoms with van der Waals surface area (Å²) in [6, 6.07) is 27.4. The molecule has 8 atom stereocenters. The molecule has 4 aromatic carbocycles. The Bertz CT molecular complexity index is 2770. The molecule has 76 heavy (non-hydrogen) atoms. The van der Waals surface area contributed by atoms with E-state index in [2.05, 4.69) is 16.4 Å². The van der Waals surface area contributed by atoms with E-state index in [1.807, 2.05) is 69.3 Å². The van der Waals surface area contributed by atoms with Crippen molar-refractivity contribution in [3.05, 3.63) is 130 Å². The number of hydrogen-bond acceptors (Lipinski definition) is 11. The molecule has 5 N–H and O–H groups in total. The number of sulfonamides is 2. The van der Waals surface area contributed by atoms with Crippen LogP contribution >= 0.6 is 0 Å². The number of benzene rings is 4. The molecule has 0 bridgehead atoms. The second-order valence-electron chi connectivity index (χ2n) is 21.9. The number of fused-ring (bicyclic) bond motifs is 2. The number of esters is 2. The van der Waals surface area contributed by atoms with E-state index in [1.54, 1.807) is 48.5 Å². The van der Waals surface area contributed by atoms with Crippen LogP contribution < -0.4 is 9.44 Å². The summed E-state index contributed by atoms with van der Waals surface area (Å²) in [5.41, 5.74) is 5.63. The number of unbranched alkanes of at least 4 members (excludes halogenated alkanes) is 2. The van der Waals surface area contributed by atoms with Gasteiger partial charge in [-0.05, 0) is 110 Å². The number of nitrogens with one attached hydrogen (secondary N) is 2. The van der Waals surface area contributed by atoms with E-state index < -0.39 is 80.3 Å². The van der Waals surface area contributed by atoms with Crippen LogP contribution in [-0.2, 0) is 56.7 Å². The lowest BCUT2D eigenvalue weighted by atomic mass is 9.92. The number of carboxylic acid groups (broad SMARTS) is 1. The number of carbonyl (C=O) groups excluding carboxylic acids is 2. The standard InChI is InChI=1S/C27H35NO5S.C22H25NO4S.C11H20O3/c1-3-4-9-24(29)23(16-19-12-13-19)27(30)33-25-17-20-7-5-6-8-22(20)26(25)28-34(31,32)21-14-10-18(2)11-15-21;1-15-6-11-18(12-7-15)28(25,26)23-22-19-5-3-2-4-17(19)14-20(22)27-21(24)13-10-16-8-9-16;1-2-3-4-10(12)9(11(13)14)7-8-5-6-8/h5-8,10-11,14-15,19,23-26,28-29H,3-4,9,12-13,16-17H2,1-2H3;2-7,11-12,16,20,22-23H,8-10,13-14H2,1H3;8-10,12H,2-7H2,1H3,(H,13,14)/t23-,24-,25+,26-;20-,22+;9-,10-/m101/s1. The van der Waals surface area contributed by atoms with Crippen LogP contribution in [0.1, 0.15) is 162 Å². The van der Waals surface area contributed by atoms with E-state index in [0.29, 0.717) is 62.7 Å². The minimum Gasteiger partial charge on any atom is -0.481 e. The molecule has 0 aliphatic heterocycles. The minimum atomic E-state index is -3.82. The third kappa shape index (κ3) is 17.0. The summed E-state index contributed by atoms with van der Waals surface area (Å²) >= 11 is 0. The molecule has 5 aliphatic rings. The first-order valence-electron chi connectivity index (χ1n) is 27.7. The van der Waals surface area contributed by atoms with E-state index in [-0.39, 0.29) is 15.8 Å². The van der Waals surface area contributed by atoms with E-state index in [9.17, 15) is 41.4 Å². The van der Waals surface area contributed by atoms with Crippen molar-refractivity contribution in [2.75, 3.05) is 0 Å². The lowest BCUT2D eigenvalue weighted by molar-refractivity contribution is -0.160. The number of hydrogen-bond donors (Lipinski definition) is 5. The molecule has 414 valence electrons. The average Bonchev–Trinajstić information content (AvgIpc) is 4.31. The van der Waals surface area contributed by atoms with Crippen molar-refractivity contribution in [3.8, 4) is 0 Å². The van der Waals surface area contributed by atoms with Gasteiger partial charge in [-0.2, -0.15) is 9.44 Å². The van der Waals surface area contributed by atoms with Gasteiger partial charge in [0.1, 0.15) is 12.2 Å². The van der Waals surface area contributed by atoms with Crippen LogP contribution in [0.5, 0.6) is 0 Å².